The average Bonchev–Trinajstić information content (AvgIpc) is 2.96. The summed E-state index contributed by atoms with van der Waals surface area (Å²) in [7, 11) is 0. The van der Waals surface area contributed by atoms with Gasteiger partial charge >= 0.3 is 6.18 Å². The quantitative estimate of drug-likeness (QED) is 0.757. The molecule has 0 bridgehead atoms. The lowest BCUT2D eigenvalue weighted by Gasteiger charge is -2.07. The van der Waals surface area contributed by atoms with E-state index in [1.54, 1.807) is 18.2 Å². The van der Waals surface area contributed by atoms with Gasteiger partial charge in [0.15, 0.2) is 0 Å². The van der Waals surface area contributed by atoms with E-state index in [1.165, 1.54) is 6.07 Å². The molecule has 2 heterocycles. The van der Waals surface area contributed by atoms with E-state index in [-0.39, 0.29) is 33.8 Å². The fourth-order valence-corrected chi connectivity index (χ4v) is 2.08. The van der Waals surface area contributed by atoms with Gasteiger partial charge in [0.05, 0.1) is 16.1 Å². The number of halogens is 4. The first-order valence-corrected chi connectivity index (χ1v) is 6.59. The summed E-state index contributed by atoms with van der Waals surface area (Å²) in [5.74, 6) is -0.230. The van der Waals surface area contributed by atoms with E-state index in [9.17, 15) is 18.3 Å². The lowest BCUT2D eigenvalue weighted by Crippen LogP contribution is -2.05. The van der Waals surface area contributed by atoms with Crippen molar-refractivity contribution in [1.82, 2.24) is 15.2 Å². The van der Waals surface area contributed by atoms with Gasteiger partial charge in [0.2, 0.25) is 0 Å². The highest BCUT2D eigenvalue weighted by Gasteiger charge is 2.32. The van der Waals surface area contributed by atoms with Crippen LogP contribution in [-0.4, -0.2) is 20.3 Å². The first-order chi connectivity index (χ1) is 10.9. The molecule has 1 aromatic carbocycles. The number of alkyl halides is 3. The van der Waals surface area contributed by atoms with Crippen LogP contribution in [0, 0.1) is 0 Å². The van der Waals surface area contributed by atoms with Crippen LogP contribution >= 0.6 is 11.6 Å². The summed E-state index contributed by atoms with van der Waals surface area (Å²) in [6, 6.07) is 6.98. The first kappa shape index (κ1) is 15.3. The highest BCUT2D eigenvalue weighted by molar-refractivity contribution is 6.32. The third-order valence-electron chi connectivity index (χ3n) is 2.93. The molecule has 118 valence electrons. The molecule has 5 nitrogen and oxygen atoms in total. The second-order valence-electron chi connectivity index (χ2n) is 4.48. The molecule has 0 saturated heterocycles. The topological polar surface area (TPSA) is 72.0 Å². The summed E-state index contributed by atoms with van der Waals surface area (Å²) in [5, 5.41) is 16.9. The van der Waals surface area contributed by atoms with Crippen molar-refractivity contribution in [3.8, 4) is 28.8 Å². The molecule has 3 rings (SSSR count). The number of nitrogens with zero attached hydrogens (tertiary/aromatic N) is 3. The molecule has 0 fully saturated rings. The maximum atomic E-state index is 12.6. The minimum absolute atomic E-state index is 0.00383. The van der Waals surface area contributed by atoms with Gasteiger partial charge in [-0.1, -0.05) is 23.7 Å². The van der Waals surface area contributed by atoms with Gasteiger partial charge in [0, 0.05) is 6.20 Å². The maximum absolute atomic E-state index is 12.6. The fourth-order valence-electron chi connectivity index (χ4n) is 1.83. The van der Waals surface area contributed by atoms with Crippen LogP contribution < -0.4 is 0 Å². The minimum atomic E-state index is -4.55. The second kappa shape index (κ2) is 5.54. The number of pyridine rings is 1. The van der Waals surface area contributed by atoms with Gasteiger partial charge in [-0.05, 0) is 18.2 Å². The number of benzene rings is 1. The SMILES string of the molecule is Oc1ccccc1-c1nnc(-c2ncc(C(F)(F)F)cc2Cl)o1. The molecule has 3 aromatic rings. The van der Waals surface area contributed by atoms with Gasteiger partial charge in [-0.3, -0.25) is 0 Å². The number of para-hydroxylation sites is 1. The lowest BCUT2D eigenvalue weighted by molar-refractivity contribution is -0.137. The minimum Gasteiger partial charge on any atom is -0.507 e. The Labute approximate surface area is 132 Å². The second-order valence-corrected chi connectivity index (χ2v) is 4.89. The van der Waals surface area contributed by atoms with Gasteiger partial charge in [0.1, 0.15) is 11.4 Å². The fraction of sp³-hybridized carbons (Fsp3) is 0.0714. The highest BCUT2D eigenvalue weighted by atomic mass is 35.5. The normalized spacial score (nSPS) is 11.7. The van der Waals surface area contributed by atoms with Gasteiger partial charge in [0.25, 0.3) is 11.8 Å². The molecule has 0 unspecified atom stereocenters. The molecule has 0 atom stereocenters. The third-order valence-corrected chi connectivity index (χ3v) is 3.22. The molecular weight excluding hydrogens is 335 g/mol. The average molecular weight is 342 g/mol. The molecule has 0 amide bonds. The van der Waals surface area contributed by atoms with E-state index in [0.717, 1.165) is 6.07 Å². The lowest BCUT2D eigenvalue weighted by atomic mass is 10.2. The number of rotatable bonds is 2. The Morgan fingerprint density at radius 3 is 2.43 bits per heavy atom. The first-order valence-electron chi connectivity index (χ1n) is 6.21. The molecule has 2 aromatic heterocycles. The van der Waals surface area contributed by atoms with Crippen LogP contribution in [0.15, 0.2) is 40.9 Å². The molecular formula is C14H7ClF3N3O2. The maximum Gasteiger partial charge on any atom is 0.417 e. The van der Waals surface area contributed by atoms with Gasteiger partial charge in [-0.2, -0.15) is 13.2 Å². The summed E-state index contributed by atoms with van der Waals surface area (Å²) < 4.78 is 43.1. The smallest absolute Gasteiger partial charge is 0.417 e. The number of phenolic OH excluding ortho intramolecular Hbond substituents is 1. The Morgan fingerprint density at radius 1 is 1.09 bits per heavy atom. The third kappa shape index (κ3) is 2.98. The summed E-state index contributed by atoms with van der Waals surface area (Å²) in [6.07, 6.45) is -3.92. The summed E-state index contributed by atoms with van der Waals surface area (Å²) >= 11 is 5.82. The Morgan fingerprint density at radius 2 is 1.78 bits per heavy atom. The van der Waals surface area contributed by atoms with E-state index in [1.807, 2.05) is 0 Å². The Balaban J connectivity index is 2.00. The van der Waals surface area contributed by atoms with Crippen LogP contribution in [0.5, 0.6) is 5.75 Å². The molecule has 1 N–H and O–H groups in total. The van der Waals surface area contributed by atoms with Crippen LogP contribution in [0.3, 0.4) is 0 Å². The molecule has 0 aliphatic carbocycles. The van der Waals surface area contributed by atoms with Crippen molar-refractivity contribution in [2.45, 2.75) is 6.18 Å². The molecule has 0 spiro atoms. The Bertz CT molecular complexity index is 864. The zero-order valence-electron chi connectivity index (χ0n) is 11.2. The number of aromatic nitrogens is 3. The van der Waals surface area contributed by atoms with Gasteiger partial charge in [-0.15, -0.1) is 10.2 Å². The van der Waals surface area contributed by atoms with Crippen LogP contribution in [0.4, 0.5) is 13.2 Å². The molecule has 9 heteroatoms. The van der Waals surface area contributed by atoms with E-state index in [2.05, 4.69) is 15.2 Å². The predicted molar refractivity (Wildman–Crippen MR) is 74.6 cm³/mol. The summed E-state index contributed by atoms with van der Waals surface area (Å²) in [5.41, 5.74) is -0.769. The van der Waals surface area contributed by atoms with Crippen molar-refractivity contribution in [1.29, 1.82) is 0 Å². The van der Waals surface area contributed by atoms with Crippen molar-refractivity contribution in [2.75, 3.05) is 0 Å². The molecule has 0 radical (unpaired) electrons. The molecule has 23 heavy (non-hydrogen) atoms. The standard InChI is InChI=1S/C14H7ClF3N3O2/c15-9-5-7(14(16,17)18)6-19-11(9)13-21-20-12(23-13)8-3-1-2-4-10(8)22/h1-6,22H. The van der Waals surface area contributed by atoms with Crippen molar-refractivity contribution < 1.29 is 22.7 Å². The molecule has 0 saturated carbocycles. The van der Waals surface area contributed by atoms with E-state index < -0.39 is 11.7 Å². The van der Waals surface area contributed by atoms with Crippen molar-refractivity contribution in [3.63, 3.8) is 0 Å². The zero-order chi connectivity index (χ0) is 16.6. The van der Waals surface area contributed by atoms with Crippen molar-refractivity contribution in [3.05, 3.63) is 47.1 Å². The van der Waals surface area contributed by atoms with Crippen LogP contribution in [0.2, 0.25) is 5.02 Å². The highest BCUT2D eigenvalue weighted by Crippen LogP contribution is 2.35. The molecule has 0 aliphatic heterocycles. The van der Waals surface area contributed by atoms with Crippen molar-refractivity contribution >= 4 is 11.6 Å². The number of hydrogen-bond donors (Lipinski definition) is 1. The number of aromatic hydroxyl groups is 1. The van der Waals surface area contributed by atoms with E-state index in [4.69, 9.17) is 16.0 Å². The van der Waals surface area contributed by atoms with Crippen molar-refractivity contribution in [2.24, 2.45) is 0 Å². The summed E-state index contributed by atoms with van der Waals surface area (Å²) in [6.45, 7) is 0. The van der Waals surface area contributed by atoms with Crippen LogP contribution in [0.1, 0.15) is 5.56 Å². The van der Waals surface area contributed by atoms with Gasteiger partial charge in [-0.25, -0.2) is 4.98 Å². The van der Waals surface area contributed by atoms with E-state index in [0.29, 0.717) is 6.20 Å². The number of hydrogen-bond acceptors (Lipinski definition) is 5. The monoisotopic (exact) mass is 341 g/mol. The molecule has 0 aliphatic rings. The zero-order valence-corrected chi connectivity index (χ0v) is 11.9. The van der Waals surface area contributed by atoms with E-state index >= 15 is 0 Å². The largest absolute Gasteiger partial charge is 0.507 e. The number of phenols is 1. The van der Waals surface area contributed by atoms with Crippen LogP contribution in [0.25, 0.3) is 23.0 Å². The predicted octanol–water partition coefficient (Wildman–Crippen LogP) is 4.18. The van der Waals surface area contributed by atoms with Gasteiger partial charge < -0.3 is 9.52 Å². The van der Waals surface area contributed by atoms with Crippen LogP contribution in [-0.2, 0) is 6.18 Å². The summed E-state index contributed by atoms with van der Waals surface area (Å²) in [4.78, 5) is 3.63. The Hall–Kier alpha value is -2.61. The Kier molecular flexibility index (Phi) is 3.69.